The van der Waals surface area contributed by atoms with Gasteiger partial charge in [0.05, 0.1) is 0 Å². The number of rotatable bonds is 15. The molecule has 0 N–H and O–H groups in total. The highest BCUT2D eigenvalue weighted by Gasteiger charge is 2.42. The van der Waals surface area contributed by atoms with Crippen LogP contribution in [0.2, 0.25) is 0 Å². The molecule has 1 saturated carbocycles. The van der Waals surface area contributed by atoms with E-state index in [9.17, 15) is 0 Å². The van der Waals surface area contributed by atoms with E-state index < -0.39 is 31.7 Å². The van der Waals surface area contributed by atoms with Gasteiger partial charge < -0.3 is 0 Å². The predicted molar refractivity (Wildman–Crippen MR) is 274 cm³/mol. The summed E-state index contributed by atoms with van der Waals surface area (Å²) in [6.07, 6.45) is 3.36. The molecular formula is C57H50P4. The van der Waals surface area contributed by atoms with Crippen LogP contribution in [0.4, 0.5) is 0 Å². The number of allylic oxidation sites excluding steroid dienone is 2. The first kappa shape index (κ1) is 41.3. The Balaban J connectivity index is 1.22. The number of benzene rings is 8. The summed E-state index contributed by atoms with van der Waals surface area (Å²) < 4.78 is 0. The molecule has 0 amide bonds. The van der Waals surface area contributed by atoms with E-state index in [1.54, 1.807) is 5.57 Å². The number of hydrogen-bond donors (Lipinski definition) is 0. The molecule has 8 aromatic carbocycles. The molecule has 61 heavy (non-hydrogen) atoms. The van der Waals surface area contributed by atoms with Crippen molar-refractivity contribution in [3.05, 3.63) is 265 Å². The summed E-state index contributed by atoms with van der Waals surface area (Å²) in [5.74, 6) is 5.84. The van der Waals surface area contributed by atoms with Gasteiger partial charge in [-0.1, -0.05) is 243 Å². The van der Waals surface area contributed by atoms with E-state index in [4.69, 9.17) is 0 Å². The summed E-state index contributed by atoms with van der Waals surface area (Å²) in [5, 5.41) is 11.5. The van der Waals surface area contributed by atoms with Crippen molar-refractivity contribution in [2.24, 2.45) is 5.92 Å². The molecule has 0 bridgehead atoms. The molecule has 0 radical (unpaired) electrons. The van der Waals surface area contributed by atoms with Crippen LogP contribution in [0.25, 0.3) is 0 Å². The Morgan fingerprint density at radius 1 is 0.361 bits per heavy atom. The third kappa shape index (κ3) is 10.0. The minimum Gasteiger partial charge on any atom is -0.0622 e. The van der Waals surface area contributed by atoms with E-state index in [1.165, 1.54) is 48.0 Å². The van der Waals surface area contributed by atoms with Crippen molar-refractivity contribution in [1.82, 2.24) is 0 Å². The van der Waals surface area contributed by atoms with Crippen molar-refractivity contribution in [2.45, 2.75) is 18.5 Å². The van der Waals surface area contributed by atoms with E-state index in [0.29, 0.717) is 11.6 Å². The Morgan fingerprint density at radius 3 is 1.00 bits per heavy atom. The van der Waals surface area contributed by atoms with Crippen LogP contribution in [-0.2, 0) is 0 Å². The summed E-state index contributed by atoms with van der Waals surface area (Å²) in [6.45, 7) is 0. The molecule has 1 fully saturated rings. The minimum atomic E-state index is -0.763. The SMILES string of the molecule is C(=C1CC(C(CCP(c2ccccc2)c2ccccc2)P(c2ccccc2)c2ccccc2)C1=CP(c1ccccc1)c1ccccc1)P(c1ccccc1)c1ccccc1. The molecule has 2 atom stereocenters. The van der Waals surface area contributed by atoms with Gasteiger partial charge in [-0.15, -0.1) is 0 Å². The van der Waals surface area contributed by atoms with Crippen LogP contribution in [0.3, 0.4) is 0 Å². The second-order valence-corrected chi connectivity index (χ2v) is 24.2. The molecule has 8 aromatic rings. The molecule has 0 aromatic heterocycles. The molecular weight excluding hydrogens is 809 g/mol. The summed E-state index contributed by atoms with van der Waals surface area (Å²) in [7, 11) is -2.74. The van der Waals surface area contributed by atoms with Gasteiger partial charge in [-0.3, -0.25) is 0 Å². The van der Waals surface area contributed by atoms with Gasteiger partial charge in [0.2, 0.25) is 0 Å². The summed E-state index contributed by atoms with van der Waals surface area (Å²) >= 11 is 0. The minimum absolute atomic E-state index is 0.405. The molecule has 0 heterocycles. The first-order valence-corrected chi connectivity index (χ1v) is 27.0. The fourth-order valence-electron chi connectivity index (χ4n) is 8.57. The van der Waals surface area contributed by atoms with Crippen molar-refractivity contribution in [3.8, 4) is 0 Å². The molecule has 0 aliphatic heterocycles. The van der Waals surface area contributed by atoms with Gasteiger partial charge in [-0.2, -0.15) is 0 Å². The van der Waals surface area contributed by atoms with E-state index in [1.807, 2.05) is 0 Å². The summed E-state index contributed by atoms with van der Waals surface area (Å²) in [5.41, 5.74) is 3.52. The maximum Gasteiger partial charge on any atom is -0.00442 e. The maximum atomic E-state index is 2.75. The molecule has 2 unspecified atom stereocenters. The highest BCUT2D eigenvalue weighted by Crippen LogP contribution is 2.59. The average Bonchev–Trinajstić information content (AvgIpc) is 3.34. The molecule has 0 saturated heterocycles. The Kier molecular flexibility index (Phi) is 14.0. The lowest BCUT2D eigenvalue weighted by Gasteiger charge is -2.45. The Hall–Kier alpha value is -5.04. The Morgan fingerprint density at radius 2 is 0.656 bits per heavy atom. The van der Waals surface area contributed by atoms with Crippen LogP contribution >= 0.6 is 31.7 Å². The quantitative estimate of drug-likeness (QED) is 0.0901. The lowest BCUT2D eigenvalue weighted by molar-refractivity contribution is 0.502. The molecule has 4 heteroatoms. The van der Waals surface area contributed by atoms with Gasteiger partial charge in [0.1, 0.15) is 0 Å². The van der Waals surface area contributed by atoms with Gasteiger partial charge in [0.15, 0.2) is 0 Å². The second kappa shape index (κ2) is 20.7. The molecule has 9 rings (SSSR count). The normalized spacial score (nSPS) is 15.7. The van der Waals surface area contributed by atoms with Crippen molar-refractivity contribution in [3.63, 3.8) is 0 Å². The van der Waals surface area contributed by atoms with Gasteiger partial charge in [0.25, 0.3) is 0 Å². The van der Waals surface area contributed by atoms with Crippen LogP contribution in [0.15, 0.2) is 265 Å². The predicted octanol–water partition coefficient (Wildman–Crippen LogP) is 12.1. The van der Waals surface area contributed by atoms with Gasteiger partial charge >= 0.3 is 0 Å². The molecule has 298 valence electrons. The van der Waals surface area contributed by atoms with Crippen molar-refractivity contribution in [2.75, 3.05) is 6.16 Å². The van der Waals surface area contributed by atoms with Crippen LogP contribution in [-0.4, -0.2) is 11.8 Å². The summed E-state index contributed by atoms with van der Waals surface area (Å²) in [4.78, 5) is 0. The van der Waals surface area contributed by atoms with E-state index in [2.05, 4.69) is 254 Å². The lowest BCUT2D eigenvalue weighted by Crippen LogP contribution is -2.36. The van der Waals surface area contributed by atoms with Crippen molar-refractivity contribution in [1.29, 1.82) is 0 Å². The first-order chi connectivity index (χ1) is 30.3. The second-order valence-electron chi connectivity index (χ2n) is 15.4. The molecule has 1 aliphatic carbocycles. The zero-order valence-electron chi connectivity index (χ0n) is 34.3. The van der Waals surface area contributed by atoms with Crippen LogP contribution < -0.4 is 42.4 Å². The van der Waals surface area contributed by atoms with Gasteiger partial charge in [-0.25, -0.2) is 0 Å². The van der Waals surface area contributed by atoms with Crippen LogP contribution in [0.1, 0.15) is 12.8 Å². The largest absolute Gasteiger partial charge is 0.0622 e. The monoisotopic (exact) mass is 858 g/mol. The maximum absolute atomic E-state index is 2.75. The van der Waals surface area contributed by atoms with Crippen LogP contribution in [0, 0.1) is 5.92 Å². The standard InChI is InChI=1S/C57H50P4/c1-9-25-47(26-10-1)58(48-27-11-2-12-28-48)42-41-57(61(53-37-21-7-22-38-53)54-39-23-8-24-40-54)55-43-46(44-59(49-29-13-3-14-30-49)50-31-15-4-16-32-50)56(55)45-60(51-33-17-5-18-34-51)52-35-19-6-20-36-52/h1-40,44-45,55,57H,41-43H2. The Labute approximate surface area is 368 Å². The highest BCUT2D eigenvalue weighted by molar-refractivity contribution is 7.76. The molecule has 0 spiro atoms. The first-order valence-electron chi connectivity index (χ1n) is 21.3. The zero-order chi connectivity index (χ0) is 41.1. The molecule has 0 nitrogen and oxygen atoms in total. The van der Waals surface area contributed by atoms with Gasteiger partial charge in [-0.05, 0) is 127 Å². The third-order valence-corrected chi connectivity index (χ3v) is 21.6. The number of hydrogen-bond acceptors (Lipinski definition) is 0. The van der Waals surface area contributed by atoms with E-state index in [0.717, 1.165) is 19.0 Å². The third-order valence-electron chi connectivity index (χ3n) is 11.5. The average molecular weight is 859 g/mol. The van der Waals surface area contributed by atoms with Crippen LogP contribution in [0.5, 0.6) is 0 Å². The van der Waals surface area contributed by atoms with Gasteiger partial charge in [0, 0.05) is 0 Å². The fourth-order valence-corrected chi connectivity index (χ4v) is 18.6. The topological polar surface area (TPSA) is 0 Å². The smallest absolute Gasteiger partial charge is 0.00442 e. The Bertz CT molecular complexity index is 2440. The van der Waals surface area contributed by atoms with Crippen molar-refractivity contribution >= 4 is 74.1 Å². The molecule has 1 aliphatic rings. The highest BCUT2D eigenvalue weighted by atomic mass is 31.1. The zero-order valence-corrected chi connectivity index (χ0v) is 37.9. The van der Waals surface area contributed by atoms with E-state index >= 15 is 0 Å². The van der Waals surface area contributed by atoms with Crippen molar-refractivity contribution < 1.29 is 0 Å². The summed E-state index contributed by atoms with van der Waals surface area (Å²) in [6, 6.07) is 90.7. The fraction of sp³-hybridized carbons (Fsp3) is 0.0877. The lowest BCUT2D eigenvalue weighted by atomic mass is 9.73. The van der Waals surface area contributed by atoms with E-state index in [-0.39, 0.29) is 0 Å².